The highest BCUT2D eigenvalue weighted by Crippen LogP contribution is 2.18. The number of anilines is 1. The Hall–Kier alpha value is -3.36. The molecule has 0 spiro atoms. The number of nitrogens with zero attached hydrogens (tertiary/aromatic N) is 3. The minimum Gasteiger partial charge on any atom is -0.361 e. The molecule has 0 aliphatic heterocycles. The number of imidazole rings is 1. The number of aromatic nitrogens is 2. The number of pyridine rings is 1. The molecular weight excluding hydrogens is 348 g/mol. The van der Waals surface area contributed by atoms with Crippen molar-refractivity contribution in [3.8, 4) is 6.07 Å². The van der Waals surface area contributed by atoms with Crippen molar-refractivity contribution in [3.63, 3.8) is 0 Å². The van der Waals surface area contributed by atoms with Gasteiger partial charge in [-0.1, -0.05) is 29.8 Å². The summed E-state index contributed by atoms with van der Waals surface area (Å²) in [6, 6.07) is 16.7. The zero-order valence-corrected chi connectivity index (χ0v) is 14.6. The van der Waals surface area contributed by atoms with Crippen LogP contribution in [0.5, 0.6) is 0 Å². The Labute approximate surface area is 153 Å². The minimum atomic E-state index is -0.222. The summed E-state index contributed by atoms with van der Waals surface area (Å²) in [5.74, 6) is 0. The lowest BCUT2D eigenvalue weighted by atomic mass is 10.1. The highest BCUT2D eigenvalue weighted by molar-refractivity contribution is 6.30. The van der Waals surface area contributed by atoms with E-state index in [2.05, 4.69) is 16.4 Å². The van der Waals surface area contributed by atoms with Crippen molar-refractivity contribution >= 4 is 40.2 Å². The maximum absolute atomic E-state index is 13.1. The van der Waals surface area contributed by atoms with Gasteiger partial charge in [-0.2, -0.15) is 5.26 Å². The van der Waals surface area contributed by atoms with Crippen molar-refractivity contribution < 1.29 is 0 Å². The molecule has 0 bridgehead atoms. The zero-order valence-electron chi connectivity index (χ0n) is 13.8. The summed E-state index contributed by atoms with van der Waals surface area (Å²) in [6.07, 6.45) is 1.61. The standard InChI is InChI=1S/C20H13ClN4O/c1-12-15(10-22)19-24-17-7-2-3-8-18(17)25(19)20(26)16(12)11-23-14-6-4-5-13(21)9-14/h2-9,11,23H,1H3/b16-11+. The highest BCUT2D eigenvalue weighted by Gasteiger charge is 2.15. The average Bonchev–Trinajstić information content (AvgIpc) is 3.01. The van der Waals surface area contributed by atoms with E-state index in [1.807, 2.05) is 36.4 Å². The van der Waals surface area contributed by atoms with Crippen LogP contribution in [0.2, 0.25) is 5.02 Å². The van der Waals surface area contributed by atoms with Crippen LogP contribution in [0.15, 0.2) is 53.3 Å². The molecule has 1 N–H and O–H groups in total. The number of nitriles is 1. The van der Waals surface area contributed by atoms with Gasteiger partial charge in [0.2, 0.25) is 0 Å². The summed E-state index contributed by atoms with van der Waals surface area (Å²) in [4.78, 5) is 17.6. The molecule has 2 aromatic carbocycles. The number of benzene rings is 2. The molecule has 0 saturated carbocycles. The molecule has 0 amide bonds. The quantitative estimate of drug-likeness (QED) is 0.595. The molecule has 0 aliphatic carbocycles. The molecule has 4 rings (SSSR count). The van der Waals surface area contributed by atoms with Crippen LogP contribution < -0.4 is 16.1 Å². The molecule has 6 heteroatoms. The Morgan fingerprint density at radius 3 is 2.81 bits per heavy atom. The van der Waals surface area contributed by atoms with Crippen LogP contribution in [0, 0.1) is 18.3 Å². The lowest BCUT2D eigenvalue weighted by molar-refractivity contribution is 1.10. The molecule has 4 aromatic rings. The van der Waals surface area contributed by atoms with E-state index in [0.717, 1.165) is 5.69 Å². The number of fused-ring (bicyclic) bond motifs is 3. The summed E-state index contributed by atoms with van der Waals surface area (Å²) in [5.41, 5.74) is 3.26. The maximum Gasteiger partial charge on any atom is 0.265 e. The predicted octanol–water partition coefficient (Wildman–Crippen LogP) is 3.25. The minimum absolute atomic E-state index is 0.222. The molecule has 0 aliphatic rings. The predicted molar refractivity (Wildman–Crippen MR) is 103 cm³/mol. The van der Waals surface area contributed by atoms with Gasteiger partial charge in [0.1, 0.15) is 6.07 Å². The topological polar surface area (TPSA) is 70.2 Å². The molecular formula is C20H13ClN4O. The fourth-order valence-corrected chi connectivity index (χ4v) is 3.21. The van der Waals surface area contributed by atoms with Crippen LogP contribution in [-0.4, -0.2) is 9.38 Å². The van der Waals surface area contributed by atoms with E-state index in [4.69, 9.17) is 11.6 Å². The van der Waals surface area contributed by atoms with Crippen LogP contribution in [0.25, 0.3) is 22.9 Å². The van der Waals surface area contributed by atoms with E-state index < -0.39 is 0 Å². The van der Waals surface area contributed by atoms with Gasteiger partial charge in [0.25, 0.3) is 5.56 Å². The molecule has 2 aromatic heterocycles. The maximum atomic E-state index is 13.1. The first-order valence-corrected chi connectivity index (χ1v) is 8.34. The van der Waals surface area contributed by atoms with E-state index in [-0.39, 0.29) is 5.56 Å². The first kappa shape index (κ1) is 16.1. The van der Waals surface area contributed by atoms with Gasteiger partial charge in [-0.25, -0.2) is 4.98 Å². The molecule has 126 valence electrons. The van der Waals surface area contributed by atoms with Crippen molar-refractivity contribution in [2.24, 2.45) is 0 Å². The number of hydrogen-bond acceptors (Lipinski definition) is 4. The molecule has 0 radical (unpaired) electrons. The Bertz CT molecular complexity index is 1320. The smallest absolute Gasteiger partial charge is 0.265 e. The summed E-state index contributed by atoms with van der Waals surface area (Å²) < 4.78 is 1.49. The van der Waals surface area contributed by atoms with Gasteiger partial charge >= 0.3 is 0 Å². The van der Waals surface area contributed by atoms with E-state index >= 15 is 0 Å². The van der Waals surface area contributed by atoms with Gasteiger partial charge in [-0.05, 0) is 42.8 Å². The molecule has 0 fully saturated rings. The second-order valence-corrected chi connectivity index (χ2v) is 6.33. The summed E-state index contributed by atoms with van der Waals surface area (Å²) in [6.45, 7) is 1.75. The number of para-hydroxylation sites is 2. The molecule has 0 atom stereocenters. The second kappa shape index (κ2) is 6.17. The SMILES string of the molecule is Cc1c(C#N)c2nc3ccccc3n2c(=O)/c1=C/Nc1cccc(Cl)c1. The summed E-state index contributed by atoms with van der Waals surface area (Å²) >= 11 is 5.99. The van der Waals surface area contributed by atoms with Gasteiger partial charge in [-0.3, -0.25) is 9.20 Å². The monoisotopic (exact) mass is 360 g/mol. The van der Waals surface area contributed by atoms with Gasteiger partial charge in [0.15, 0.2) is 5.65 Å². The summed E-state index contributed by atoms with van der Waals surface area (Å²) in [7, 11) is 0. The van der Waals surface area contributed by atoms with Crippen LogP contribution >= 0.6 is 11.6 Å². The normalized spacial score (nSPS) is 11.8. The summed E-state index contributed by atoms with van der Waals surface area (Å²) in [5, 5.41) is 13.7. The number of rotatable bonds is 2. The van der Waals surface area contributed by atoms with E-state index in [1.54, 1.807) is 25.3 Å². The van der Waals surface area contributed by atoms with E-state index in [1.165, 1.54) is 4.40 Å². The van der Waals surface area contributed by atoms with E-state index in [9.17, 15) is 10.1 Å². The molecule has 0 unspecified atom stereocenters. The van der Waals surface area contributed by atoms with Gasteiger partial charge in [0.05, 0.1) is 21.8 Å². The zero-order chi connectivity index (χ0) is 18.3. The van der Waals surface area contributed by atoms with Crippen molar-refractivity contribution in [3.05, 3.63) is 80.3 Å². The fraction of sp³-hybridized carbons (Fsp3) is 0.0500. The molecule has 26 heavy (non-hydrogen) atoms. The largest absolute Gasteiger partial charge is 0.361 e. The second-order valence-electron chi connectivity index (χ2n) is 5.89. The Morgan fingerprint density at radius 1 is 1.23 bits per heavy atom. The number of hydrogen-bond donors (Lipinski definition) is 1. The Kier molecular flexibility index (Phi) is 3.83. The van der Waals surface area contributed by atoms with Crippen molar-refractivity contribution in [2.45, 2.75) is 6.92 Å². The first-order chi connectivity index (χ1) is 12.6. The highest BCUT2D eigenvalue weighted by atomic mass is 35.5. The van der Waals surface area contributed by atoms with E-state index in [0.29, 0.717) is 38.0 Å². The third kappa shape index (κ3) is 2.48. The van der Waals surface area contributed by atoms with Gasteiger partial charge in [0, 0.05) is 16.9 Å². The molecule has 2 heterocycles. The molecule has 0 saturated heterocycles. The van der Waals surface area contributed by atoms with Crippen molar-refractivity contribution in [2.75, 3.05) is 5.32 Å². The first-order valence-electron chi connectivity index (χ1n) is 7.96. The van der Waals surface area contributed by atoms with Crippen LogP contribution in [0.1, 0.15) is 11.1 Å². The number of nitrogens with one attached hydrogen (secondary N) is 1. The third-order valence-corrected chi connectivity index (χ3v) is 4.55. The fourth-order valence-electron chi connectivity index (χ4n) is 3.02. The van der Waals surface area contributed by atoms with Crippen LogP contribution in [-0.2, 0) is 0 Å². The van der Waals surface area contributed by atoms with Crippen LogP contribution in [0.3, 0.4) is 0 Å². The Balaban J connectivity index is 2.03. The van der Waals surface area contributed by atoms with Crippen molar-refractivity contribution in [1.82, 2.24) is 9.38 Å². The average molecular weight is 361 g/mol. The van der Waals surface area contributed by atoms with Gasteiger partial charge in [-0.15, -0.1) is 0 Å². The third-order valence-electron chi connectivity index (χ3n) is 4.32. The lowest BCUT2D eigenvalue weighted by Crippen LogP contribution is -2.34. The van der Waals surface area contributed by atoms with Crippen molar-refractivity contribution in [1.29, 1.82) is 5.26 Å². The van der Waals surface area contributed by atoms with Crippen LogP contribution in [0.4, 0.5) is 5.69 Å². The van der Waals surface area contributed by atoms with Gasteiger partial charge < -0.3 is 5.32 Å². The Morgan fingerprint density at radius 2 is 2.04 bits per heavy atom. The molecule has 5 nitrogen and oxygen atoms in total. The lowest BCUT2D eigenvalue weighted by Gasteiger charge is -2.04. The number of halogens is 1.